The second kappa shape index (κ2) is 10.6. The molecule has 1 saturated heterocycles. The number of sulfonamides is 1. The Balaban J connectivity index is 1.50. The summed E-state index contributed by atoms with van der Waals surface area (Å²) in [4.78, 5) is 15.1. The Bertz CT molecular complexity index is 998. The first-order valence-corrected chi connectivity index (χ1v) is 11.8. The Morgan fingerprint density at radius 2 is 1.90 bits per heavy atom. The summed E-state index contributed by atoms with van der Waals surface area (Å²) < 4.78 is 31.9. The van der Waals surface area contributed by atoms with Crippen molar-refractivity contribution in [2.75, 3.05) is 26.7 Å². The van der Waals surface area contributed by atoms with Crippen molar-refractivity contribution in [3.63, 3.8) is 0 Å². The maximum atomic E-state index is 12.6. The zero-order valence-corrected chi connectivity index (χ0v) is 18.5. The maximum absolute atomic E-state index is 12.6. The van der Waals surface area contributed by atoms with E-state index in [1.54, 1.807) is 7.11 Å². The van der Waals surface area contributed by atoms with Crippen LogP contribution in [0.3, 0.4) is 0 Å². The minimum Gasteiger partial charge on any atom is -0.497 e. The van der Waals surface area contributed by atoms with Gasteiger partial charge in [0, 0.05) is 37.8 Å². The van der Waals surface area contributed by atoms with Crippen LogP contribution in [-0.4, -0.2) is 52.0 Å². The molecule has 0 aliphatic carbocycles. The number of amides is 1. The van der Waals surface area contributed by atoms with Gasteiger partial charge in [0.25, 0.3) is 5.91 Å². The molecule has 0 aromatic heterocycles. The molecule has 0 unspecified atom stereocenters. The highest BCUT2D eigenvalue weighted by atomic mass is 32.2. The van der Waals surface area contributed by atoms with Gasteiger partial charge < -0.3 is 10.1 Å². The summed E-state index contributed by atoms with van der Waals surface area (Å²) in [5.41, 5.74) is 1.65. The van der Waals surface area contributed by atoms with Gasteiger partial charge in [0.15, 0.2) is 0 Å². The number of rotatable bonds is 9. The van der Waals surface area contributed by atoms with E-state index >= 15 is 0 Å². The summed E-state index contributed by atoms with van der Waals surface area (Å²) in [6, 6.07) is 14.1. The number of nitrogens with one attached hydrogen (secondary N) is 2. The van der Waals surface area contributed by atoms with Gasteiger partial charge in [-0.25, -0.2) is 13.1 Å². The van der Waals surface area contributed by atoms with Crippen molar-refractivity contribution >= 4 is 15.9 Å². The number of likely N-dealkylation sites (tertiary alicyclic amines) is 1. The molecule has 8 heteroatoms. The van der Waals surface area contributed by atoms with Crippen LogP contribution in [0.1, 0.15) is 28.8 Å². The van der Waals surface area contributed by atoms with E-state index in [0.29, 0.717) is 5.56 Å². The first-order valence-electron chi connectivity index (χ1n) is 10.3. The molecular weight excluding hydrogens is 414 g/mol. The van der Waals surface area contributed by atoms with Crippen LogP contribution in [0, 0.1) is 0 Å². The van der Waals surface area contributed by atoms with E-state index in [4.69, 9.17) is 4.74 Å². The van der Waals surface area contributed by atoms with Crippen LogP contribution in [-0.2, 0) is 16.6 Å². The number of hydrogen-bond donors (Lipinski definition) is 2. The molecule has 2 aromatic rings. The Morgan fingerprint density at radius 1 is 1.19 bits per heavy atom. The van der Waals surface area contributed by atoms with E-state index in [2.05, 4.69) is 27.6 Å². The van der Waals surface area contributed by atoms with Gasteiger partial charge >= 0.3 is 0 Å². The Kier molecular flexibility index (Phi) is 7.84. The fourth-order valence-electron chi connectivity index (χ4n) is 3.57. The molecule has 1 fully saturated rings. The maximum Gasteiger partial charge on any atom is 0.251 e. The standard InChI is InChI=1S/C23H29N3O4S/c1-3-13-24-31(28,29)22-9-7-19(8-10-22)23(27)25-20-11-14-26(15-12-20)17-18-5-4-6-21(16-18)30-2/h3-10,16,20,24H,1,11-15,17H2,2H3,(H,25,27). The van der Waals surface area contributed by atoms with Crippen molar-refractivity contribution in [2.45, 2.75) is 30.3 Å². The van der Waals surface area contributed by atoms with Crippen LogP contribution in [0.5, 0.6) is 5.75 Å². The second-order valence-corrected chi connectivity index (χ2v) is 9.31. The lowest BCUT2D eigenvalue weighted by atomic mass is 10.0. The lowest BCUT2D eigenvalue weighted by molar-refractivity contribution is 0.0909. The number of methoxy groups -OCH3 is 1. The third-order valence-electron chi connectivity index (χ3n) is 5.31. The van der Waals surface area contributed by atoms with Gasteiger partial charge in [-0.15, -0.1) is 6.58 Å². The summed E-state index contributed by atoms with van der Waals surface area (Å²) in [6.45, 7) is 6.30. The molecule has 0 saturated carbocycles. The summed E-state index contributed by atoms with van der Waals surface area (Å²) in [6.07, 6.45) is 3.21. The van der Waals surface area contributed by atoms with E-state index in [1.807, 2.05) is 18.2 Å². The highest BCUT2D eigenvalue weighted by Crippen LogP contribution is 2.18. The van der Waals surface area contributed by atoms with Crippen molar-refractivity contribution < 1.29 is 17.9 Å². The number of carbonyl (C=O) groups is 1. The van der Waals surface area contributed by atoms with E-state index in [9.17, 15) is 13.2 Å². The molecule has 1 aliphatic rings. The number of nitrogens with zero attached hydrogens (tertiary/aromatic N) is 1. The SMILES string of the molecule is C=CCNS(=O)(=O)c1ccc(C(=O)NC2CCN(Cc3cccc(OC)c3)CC2)cc1. The molecule has 2 aromatic carbocycles. The number of benzene rings is 2. The molecular formula is C23H29N3O4S. The number of hydrogen-bond acceptors (Lipinski definition) is 5. The first kappa shape index (κ1) is 23.0. The van der Waals surface area contributed by atoms with Gasteiger partial charge in [0.05, 0.1) is 12.0 Å². The van der Waals surface area contributed by atoms with Crippen LogP contribution < -0.4 is 14.8 Å². The molecule has 7 nitrogen and oxygen atoms in total. The zero-order chi connectivity index (χ0) is 22.3. The van der Waals surface area contributed by atoms with Gasteiger partial charge in [0.1, 0.15) is 5.75 Å². The molecule has 0 atom stereocenters. The van der Waals surface area contributed by atoms with Crippen LogP contribution >= 0.6 is 0 Å². The first-order chi connectivity index (χ1) is 14.9. The Hall–Kier alpha value is -2.68. The van der Waals surface area contributed by atoms with Gasteiger partial charge in [-0.3, -0.25) is 9.69 Å². The molecule has 1 heterocycles. The molecule has 0 bridgehead atoms. The predicted molar refractivity (Wildman–Crippen MR) is 121 cm³/mol. The van der Waals surface area contributed by atoms with Crippen LogP contribution in [0.25, 0.3) is 0 Å². The molecule has 31 heavy (non-hydrogen) atoms. The van der Waals surface area contributed by atoms with Crippen molar-refractivity contribution in [3.05, 3.63) is 72.3 Å². The van der Waals surface area contributed by atoms with Crippen molar-refractivity contribution in [3.8, 4) is 5.75 Å². The lowest BCUT2D eigenvalue weighted by Gasteiger charge is -2.32. The van der Waals surface area contributed by atoms with Gasteiger partial charge in [-0.05, 0) is 54.8 Å². The normalized spacial score (nSPS) is 15.4. The fraction of sp³-hybridized carbons (Fsp3) is 0.348. The summed E-state index contributed by atoms with van der Waals surface area (Å²) in [5.74, 6) is 0.671. The highest BCUT2D eigenvalue weighted by molar-refractivity contribution is 7.89. The van der Waals surface area contributed by atoms with E-state index in [-0.39, 0.29) is 23.4 Å². The Morgan fingerprint density at radius 3 is 2.55 bits per heavy atom. The Labute approximate surface area is 184 Å². The second-order valence-electron chi connectivity index (χ2n) is 7.54. The number of ether oxygens (including phenoxy) is 1. The third-order valence-corrected chi connectivity index (χ3v) is 6.75. The molecule has 3 rings (SSSR count). The van der Waals surface area contributed by atoms with E-state index < -0.39 is 10.0 Å². The third kappa shape index (κ3) is 6.40. The average Bonchev–Trinajstić information content (AvgIpc) is 2.79. The van der Waals surface area contributed by atoms with Crippen LogP contribution in [0.4, 0.5) is 0 Å². The molecule has 1 amide bonds. The monoisotopic (exact) mass is 443 g/mol. The van der Waals surface area contributed by atoms with E-state index in [0.717, 1.165) is 38.2 Å². The van der Waals surface area contributed by atoms with Crippen LogP contribution in [0.2, 0.25) is 0 Å². The fourth-order valence-corrected chi connectivity index (χ4v) is 4.57. The summed E-state index contributed by atoms with van der Waals surface area (Å²) >= 11 is 0. The predicted octanol–water partition coefficient (Wildman–Crippen LogP) is 2.55. The van der Waals surface area contributed by atoms with Gasteiger partial charge in [-0.1, -0.05) is 18.2 Å². The summed E-state index contributed by atoms with van der Waals surface area (Å²) in [7, 11) is -1.93. The molecule has 2 N–H and O–H groups in total. The molecule has 1 aliphatic heterocycles. The van der Waals surface area contributed by atoms with Crippen molar-refractivity contribution in [2.24, 2.45) is 0 Å². The number of carbonyl (C=O) groups excluding carboxylic acids is 1. The smallest absolute Gasteiger partial charge is 0.251 e. The van der Waals surface area contributed by atoms with Crippen molar-refractivity contribution in [1.82, 2.24) is 14.9 Å². The summed E-state index contributed by atoms with van der Waals surface area (Å²) in [5, 5.41) is 3.07. The van der Waals surface area contributed by atoms with Crippen molar-refractivity contribution in [1.29, 1.82) is 0 Å². The van der Waals surface area contributed by atoms with Gasteiger partial charge in [0.2, 0.25) is 10.0 Å². The van der Waals surface area contributed by atoms with Gasteiger partial charge in [-0.2, -0.15) is 0 Å². The topological polar surface area (TPSA) is 87.7 Å². The largest absolute Gasteiger partial charge is 0.497 e. The molecule has 0 spiro atoms. The lowest BCUT2D eigenvalue weighted by Crippen LogP contribution is -2.44. The zero-order valence-electron chi connectivity index (χ0n) is 17.7. The molecule has 0 radical (unpaired) electrons. The quantitative estimate of drug-likeness (QED) is 0.582. The minimum absolute atomic E-state index is 0.103. The molecule has 166 valence electrons. The average molecular weight is 444 g/mol. The highest BCUT2D eigenvalue weighted by Gasteiger charge is 2.22. The number of piperidine rings is 1. The van der Waals surface area contributed by atoms with Crippen LogP contribution in [0.15, 0.2) is 66.1 Å². The minimum atomic E-state index is -3.59. The van der Waals surface area contributed by atoms with E-state index in [1.165, 1.54) is 35.9 Å².